The fourth-order valence-corrected chi connectivity index (χ4v) is 2.03. The zero-order valence-corrected chi connectivity index (χ0v) is 8.72. The number of nitriles is 1. The number of phenolic OH excluding ortho intramolecular Hbond substituents is 1. The molecule has 0 bridgehead atoms. The first-order valence-corrected chi connectivity index (χ1v) is 5.85. The molecule has 0 unspecified atom stereocenters. The minimum absolute atomic E-state index is 0.134. The smallest absolute Gasteiger partial charge is 0.262 e. The van der Waals surface area contributed by atoms with Gasteiger partial charge in [0.2, 0.25) is 0 Å². The first-order valence-electron chi connectivity index (χ1n) is 3.54. The van der Waals surface area contributed by atoms with Gasteiger partial charge in [-0.05, 0) is 24.6 Å². The lowest BCUT2D eigenvalue weighted by atomic mass is 10.1. The molecule has 0 aliphatic heterocycles. The molecule has 0 spiro atoms. The molecule has 1 aromatic rings. The van der Waals surface area contributed by atoms with Gasteiger partial charge in [0.25, 0.3) is 9.05 Å². The first-order chi connectivity index (χ1) is 6.36. The predicted octanol–water partition coefficient (Wildman–Crippen LogP) is 1.50. The van der Waals surface area contributed by atoms with Crippen molar-refractivity contribution in [3.63, 3.8) is 0 Å². The molecule has 4 nitrogen and oxygen atoms in total. The SMILES string of the molecule is Cc1cc(S(=O)(=O)Cl)c(C#N)cc1O. The highest BCUT2D eigenvalue weighted by Crippen LogP contribution is 2.26. The topological polar surface area (TPSA) is 78.2 Å². The van der Waals surface area contributed by atoms with Gasteiger partial charge in [0, 0.05) is 10.7 Å². The number of phenols is 1. The van der Waals surface area contributed by atoms with Gasteiger partial charge in [0.15, 0.2) is 0 Å². The van der Waals surface area contributed by atoms with E-state index in [-0.39, 0.29) is 16.2 Å². The van der Waals surface area contributed by atoms with E-state index in [4.69, 9.17) is 15.9 Å². The molecule has 0 radical (unpaired) electrons. The monoisotopic (exact) mass is 231 g/mol. The van der Waals surface area contributed by atoms with Crippen molar-refractivity contribution in [2.75, 3.05) is 0 Å². The Kier molecular flexibility index (Phi) is 2.69. The molecular weight excluding hydrogens is 226 g/mol. The third-order valence-electron chi connectivity index (χ3n) is 1.68. The maximum atomic E-state index is 11.0. The van der Waals surface area contributed by atoms with Crippen molar-refractivity contribution in [3.8, 4) is 11.8 Å². The molecule has 1 rings (SSSR count). The van der Waals surface area contributed by atoms with Gasteiger partial charge in [0.05, 0.1) is 5.56 Å². The van der Waals surface area contributed by atoms with E-state index in [1.165, 1.54) is 6.92 Å². The van der Waals surface area contributed by atoms with E-state index in [0.717, 1.165) is 12.1 Å². The number of hydrogen-bond donors (Lipinski definition) is 1. The lowest BCUT2D eigenvalue weighted by molar-refractivity contribution is 0.470. The molecule has 0 atom stereocenters. The van der Waals surface area contributed by atoms with E-state index in [2.05, 4.69) is 0 Å². The summed E-state index contributed by atoms with van der Waals surface area (Å²) in [6.07, 6.45) is 0. The van der Waals surface area contributed by atoms with Gasteiger partial charge in [0.1, 0.15) is 16.7 Å². The normalized spacial score (nSPS) is 10.9. The molecule has 0 aromatic heterocycles. The number of aryl methyl sites for hydroxylation is 1. The van der Waals surface area contributed by atoms with Crippen molar-refractivity contribution in [2.24, 2.45) is 0 Å². The standard InChI is InChI=1S/C8H6ClNO3S/c1-5-2-8(14(9,12)13)6(4-10)3-7(5)11/h2-3,11H,1H3. The fourth-order valence-electron chi connectivity index (χ4n) is 0.959. The average molecular weight is 232 g/mol. The number of hydrogen-bond acceptors (Lipinski definition) is 4. The van der Waals surface area contributed by atoms with Gasteiger partial charge in [-0.25, -0.2) is 8.42 Å². The van der Waals surface area contributed by atoms with Crippen LogP contribution >= 0.6 is 10.7 Å². The Bertz CT molecular complexity index is 516. The lowest BCUT2D eigenvalue weighted by Crippen LogP contribution is -1.96. The van der Waals surface area contributed by atoms with Gasteiger partial charge < -0.3 is 5.11 Å². The summed E-state index contributed by atoms with van der Waals surface area (Å²) in [5.41, 5.74) is 0.186. The Morgan fingerprint density at radius 1 is 1.50 bits per heavy atom. The summed E-state index contributed by atoms with van der Waals surface area (Å²) in [5, 5.41) is 17.8. The van der Waals surface area contributed by atoms with Crippen LogP contribution in [-0.2, 0) is 9.05 Å². The summed E-state index contributed by atoms with van der Waals surface area (Å²) in [7, 11) is 1.16. The third-order valence-corrected chi connectivity index (χ3v) is 3.04. The van der Waals surface area contributed by atoms with Crippen LogP contribution in [0.15, 0.2) is 17.0 Å². The number of benzene rings is 1. The summed E-state index contributed by atoms with van der Waals surface area (Å²) >= 11 is 0. The van der Waals surface area contributed by atoms with Crippen molar-refractivity contribution in [1.82, 2.24) is 0 Å². The molecule has 0 saturated heterocycles. The zero-order chi connectivity index (χ0) is 10.9. The second-order valence-corrected chi connectivity index (χ2v) is 5.22. The molecule has 0 amide bonds. The predicted molar refractivity (Wildman–Crippen MR) is 50.6 cm³/mol. The van der Waals surface area contributed by atoms with E-state index in [9.17, 15) is 13.5 Å². The Labute approximate surface area is 85.8 Å². The van der Waals surface area contributed by atoms with Crippen LogP contribution in [0.2, 0.25) is 0 Å². The Balaban J connectivity index is 3.61. The molecule has 1 N–H and O–H groups in total. The van der Waals surface area contributed by atoms with Gasteiger partial charge in [-0.1, -0.05) is 0 Å². The second-order valence-electron chi connectivity index (χ2n) is 2.68. The maximum absolute atomic E-state index is 11.0. The zero-order valence-electron chi connectivity index (χ0n) is 7.15. The Morgan fingerprint density at radius 2 is 2.07 bits per heavy atom. The molecular formula is C8H6ClNO3S. The van der Waals surface area contributed by atoms with Crippen molar-refractivity contribution in [2.45, 2.75) is 11.8 Å². The highest BCUT2D eigenvalue weighted by molar-refractivity contribution is 8.13. The lowest BCUT2D eigenvalue weighted by Gasteiger charge is -2.03. The van der Waals surface area contributed by atoms with E-state index in [0.29, 0.717) is 5.56 Å². The summed E-state index contributed by atoms with van der Waals surface area (Å²) in [5.74, 6) is -0.134. The van der Waals surface area contributed by atoms with Crippen LogP contribution in [0.25, 0.3) is 0 Å². The summed E-state index contributed by atoms with van der Waals surface area (Å²) in [4.78, 5) is -0.281. The number of aromatic hydroxyl groups is 1. The van der Waals surface area contributed by atoms with Crippen LogP contribution in [0.1, 0.15) is 11.1 Å². The first kappa shape index (κ1) is 10.8. The number of nitrogens with zero attached hydrogens (tertiary/aromatic N) is 1. The average Bonchev–Trinajstić information content (AvgIpc) is 2.07. The van der Waals surface area contributed by atoms with Crippen LogP contribution in [0.4, 0.5) is 0 Å². The fraction of sp³-hybridized carbons (Fsp3) is 0.125. The highest BCUT2D eigenvalue weighted by Gasteiger charge is 2.17. The van der Waals surface area contributed by atoms with Gasteiger partial charge in [-0.3, -0.25) is 0 Å². The summed E-state index contributed by atoms with van der Waals surface area (Å²) < 4.78 is 22.0. The highest BCUT2D eigenvalue weighted by atomic mass is 35.7. The number of rotatable bonds is 1. The van der Waals surface area contributed by atoms with Crippen molar-refractivity contribution in [1.29, 1.82) is 5.26 Å². The van der Waals surface area contributed by atoms with E-state index in [1.807, 2.05) is 0 Å². The van der Waals surface area contributed by atoms with Gasteiger partial charge in [-0.2, -0.15) is 5.26 Å². The van der Waals surface area contributed by atoms with Crippen LogP contribution in [0.5, 0.6) is 5.75 Å². The van der Waals surface area contributed by atoms with Gasteiger partial charge >= 0.3 is 0 Å². The van der Waals surface area contributed by atoms with Crippen LogP contribution in [0.3, 0.4) is 0 Å². The van der Waals surface area contributed by atoms with E-state index in [1.54, 1.807) is 6.07 Å². The molecule has 74 valence electrons. The molecule has 0 saturated carbocycles. The summed E-state index contributed by atoms with van der Waals surface area (Å²) in [6, 6.07) is 3.88. The molecule has 0 aliphatic rings. The van der Waals surface area contributed by atoms with Crippen molar-refractivity contribution < 1.29 is 13.5 Å². The molecule has 0 heterocycles. The van der Waals surface area contributed by atoms with Crippen LogP contribution in [-0.4, -0.2) is 13.5 Å². The third kappa shape index (κ3) is 1.97. The number of halogens is 1. The molecule has 0 fully saturated rings. The Morgan fingerprint density at radius 3 is 2.50 bits per heavy atom. The van der Waals surface area contributed by atoms with E-state index >= 15 is 0 Å². The van der Waals surface area contributed by atoms with Crippen molar-refractivity contribution >= 4 is 19.7 Å². The molecule has 1 aromatic carbocycles. The molecule has 6 heteroatoms. The minimum atomic E-state index is -3.95. The molecule has 0 aliphatic carbocycles. The van der Waals surface area contributed by atoms with E-state index < -0.39 is 9.05 Å². The second kappa shape index (κ2) is 3.48. The molecule has 14 heavy (non-hydrogen) atoms. The minimum Gasteiger partial charge on any atom is -0.508 e. The van der Waals surface area contributed by atoms with Crippen molar-refractivity contribution in [3.05, 3.63) is 23.3 Å². The van der Waals surface area contributed by atoms with Crippen LogP contribution < -0.4 is 0 Å². The van der Waals surface area contributed by atoms with Gasteiger partial charge in [-0.15, -0.1) is 0 Å². The Hall–Kier alpha value is -1.25. The quantitative estimate of drug-likeness (QED) is 0.743. The van der Waals surface area contributed by atoms with Crippen LogP contribution in [0, 0.1) is 18.3 Å². The maximum Gasteiger partial charge on any atom is 0.262 e. The largest absolute Gasteiger partial charge is 0.508 e. The summed E-state index contributed by atoms with van der Waals surface area (Å²) in [6.45, 7) is 1.52.